The Labute approximate surface area is 101 Å². The first-order valence-corrected chi connectivity index (χ1v) is 5.57. The van der Waals surface area contributed by atoms with Gasteiger partial charge < -0.3 is 4.42 Å². The van der Waals surface area contributed by atoms with Crippen molar-refractivity contribution in [3.05, 3.63) is 36.0 Å². The Bertz CT molecular complexity index is 521. The van der Waals surface area contributed by atoms with Crippen LogP contribution in [0.25, 0.3) is 11.0 Å². The topological polar surface area (TPSA) is 43.1 Å². The molecule has 0 atom stereocenters. The van der Waals surface area contributed by atoms with Crippen molar-refractivity contribution in [1.29, 1.82) is 0 Å². The van der Waals surface area contributed by atoms with Gasteiger partial charge in [-0.25, -0.2) is 4.79 Å². The monoisotopic (exact) mass is 399 g/mol. The van der Waals surface area contributed by atoms with E-state index in [9.17, 15) is 4.79 Å². The number of benzene rings is 1. The quantitative estimate of drug-likeness (QED) is 0.640. The van der Waals surface area contributed by atoms with E-state index in [-0.39, 0.29) is 0 Å². The van der Waals surface area contributed by atoms with Gasteiger partial charge in [0.15, 0.2) is 5.58 Å². The molecule has 1 aromatic carbocycles. The summed E-state index contributed by atoms with van der Waals surface area (Å²) in [7, 11) is 0. The van der Waals surface area contributed by atoms with Crippen molar-refractivity contribution in [2.24, 2.45) is 0 Å². The number of hydrogen-bond donors (Lipinski definition) is 0. The van der Waals surface area contributed by atoms with Crippen LogP contribution < -0.4 is 5.76 Å². The maximum absolute atomic E-state index is 10.8. The number of hydrogen-bond acceptors (Lipinski definition) is 3. The molecule has 0 spiro atoms. The third-order valence-corrected chi connectivity index (χ3v) is 2.96. The van der Waals surface area contributed by atoms with E-state index in [0.717, 1.165) is 12.5 Å². The van der Waals surface area contributed by atoms with Crippen LogP contribution in [0.4, 0.5) is 0 Å². The molecular formula is C8H3I2NO2. The van der Waals surface area contributed by atoms with E-state index in [1.807, 2.05) is 12.1 Å². The highest BCUT2D eigenvalue weighted by Crippen LogP contribution is 2.21. The predicted molar refractivity (Wildman–Crippen MR) is 65.7 cm³/mol. The fraction of sp³-hybridized carbons (Fsp3) is 0. The SMILES string of the molecule is O=c1ncc2cc(I)cc(I)c2o1. The molecule has 13 heavy (non-hydrogen) atoms. The van der Waals surface area contributed by atoms with E-state index in [2.05, 4.69) is 50.2 Å². The fourth-order valence-electron chi connectivity index (χ4n) is 1.02. The smallest absolute Gasteiger partial charge is 0.407 e. The van der Waals surface area contributed by atoms with Crippen LogP contribution in [-0.4, -0.2) is 4.98 Å². The molecule has 0 unspecified atom stereocenters. The molecule has 0 fully saturated rings. The summed E-state index contributed by atoms with van der Waals surface area (Å²) in [6.45, 7) is 0. The standard InChI is InChI=1S/C8H3I2NO2/c9-5-1-4-3-11-8(12)13-7(4)6(10)2-5/h1-3H. The van der Waals surface area contributed by atoms with Gasteiger partial charge in [0.2, 0.25) is 0 Å². The zero-order valence-electron chi connectivity index (χ0n) is 6.25. The Hall–Kier alpha value is -0.180. The number of halogens is 2. The fourth-order valence-corrected chi connectivity index (χ4v) is 3.02. The Balaban J connectivity index is 2.95. The predicted octanol–water partition coefficient (Wildman–Crippen LogP) is 2.40. The molecule has 0 bridgehead atoms. The minimum Gasteiger partial charge on any atom is -0.407 e. The Kier molecular flexibility index (Phi) is 2.54. The van der Waals surface area contributed by atoms with Gasteiger partial charge in [-0.1, -0.05) is 0 Å². The van der Waals surface area contributed by atoms with Crippen molar-refractivity contribution in [3.63, 3.8) is 0 Å². The van der Waals surface area contributed by atoms with Crippen molar-refractivity contribution in [2.45, 2.75) is 0 Å². The summed E-state index contributed by atoms with van der Waals surface area (Å²) >= 11 is 4.35. The Morgan fingerprint density at radius 2 is 2.08 bits per heavy atom. The lowest BCUT2D eigenvalue weighted by Gasteiger charge is -1.98. The number of aromatic nitrogens is 1. The summed E-state index contributed by atoms with van der Waals surface area (Å²) in [6, 6.07) is 3.88. The Morgan fingerprint density at radius 3 is 2.85 bits per heavy atom. The number of rotatable bonds is 0. The minimum atomic E-state index is -0.549. The van der Waals surface area contributed by atoms with E-state index in [1.165, 1.54) is 6.20 Å². The van der Waals surface area contributed by atoms with Crippen LogP contribution >= 0.6 is 45.2 Å². The summed E-state index contributed by atoms with van der Waals surface area (Å²) in [5.41, 5.74) is 0.612. The van der Waals surface area contributed by atoms with E-state index in [4.69, 9.17) is 4.42 Å². The van der Waals surface area contributed by atoms with Crippen molar-refractivity contribution in [3.8, 4) is 0 Å². The van der Waals surface area contributed by atoms with Crippen LogP contribution in [0.1, 0.15) is 0 Å². The van der Waals surface area contributed by atoms with Gasteiger partial charge >= 0.3 is 5.76 Å². The molecule has 0 aliphatic heterocycles. The van der Waals surface area contributed by atoms with Crippen LogP contribution in [0.3, 0.4) is 0 Å². The molecule has 3 nitrogen and oxygen atoms in total. The van der Waals surface area contributed by atoms with Gasteiger partial charge in [-0.05, 0) is 57.3 Å². The molecule has 2 aromatic rings. The van der Waals surface area contributed by atoms with Crippen molar-refractivity contribution < 1.29 is 4.42 Å². The first kappa shape index (κ1) is 9.38. The lowest BCUT2D eigenvalue weighted by Crippen LogP contribution is -2.02. The van der Waals surface area contributed by atoms with Gasteiger partial charge in [-0.15, -0.1) is 0 Å². The highest BCUT2D eigenvalue weighted by molar-refractivity contribution is 14.1. The highest BCUT2D eigenvalue weighted by atomic mass is 127. The van der Waals surface area contributed by atoms with Crippen LogP contribution in [0, 0.1) is 7.14 Å². The van der Waals surface area contributed by atoms with Crippen molar-refractivity contribution in [1.82, 2.24) is 4.98 Å². The zero-order chi connectivity index (χ0) is 9.42. The maximum Gasteiger partial charge on any atom is 0.439 e. The molecule has 66 valence electrons. The molecule has 0 aliphatic carbocycles. The summed E-state index contributed by atoms with van der Waals surface area (Å²) in [4.78, 5) is 14.4. The lowest BCUT2D eigenvalue weighted by molar-refractivity contribution is 0.530. The summed E-state index contributed by atoms with van der Waals surface area (Å²) in [5.74, 6) is -0.549. The third kappa shape index (κ3) is 1.85. The van der Waals surface area contributed by atoms with Gasteiger partial charge in [-0.3, -0.25) is 0 Å². The average Bonchev–Trinajstić information content (AvgIpc) is 2.06. The van der Waals surface area contributed by atoms with Crippen LogP contribution in [-0.2, 0) is 0 Å². The van der Waals surface area contributed by atoms with Crippen molar-refractivity contribution >= 4 is 56.2 Å². The Morgan fingerprint density at radius 1 is 1.31 bits per heavy atom. The number of fused-ring (bicyclic) bond motifs is 1. The first-order chi connectivity index (χ1) is 6.16. The number of nitrogens with zero attached hydrogens (tertiary/aromatic N) is 1. The molecule has 0 N–H and O–H groups in total. The highest BCUT2D eigenvalue weighted by Gasteiger charge is 2.03. The summed E-state index contributed by atoms with van der Waals surface area (Å²) < 4.78 is 7.00. The second-order valence-corrected chi connectivity index (χ2v) is 4.84. The zero-order valence-corrected chi connectivity index (χ0v) is 10.6. The minimum absolute atomic E-state index is 0.549. The third-order valence-electron chi connectivity index (χ3n) is 1.54. The van der Waals surface area contributed by atoms with Crippen LogP contribution in [0.15, 0.2) is 27.5 Å². The molecule has 0 aliphatic rings. The van der Waals surface area contributed by atoms with Gasteiger partial charge in [0, 0.05) is 15.2 Å². The van der Waals surface area contributed by atoms with E-state index >= 15 is 0 Å². The van der Waals surface area contributed by atoms with Gasteiger partial charge in [0.25, 0.3) is 0 Å². The van der Waals surface area contributed by atoms with Crippen LogP contribution in [0.5, 0.6) is 0 Å². The lowest BCUT2D eigenvalue weighted by atomic mass is 10.3. The van der Waals surface area contributed by atoms with E-state index < -0.39 is 5.76 Å². The average molecular weight is 399 g/mol. The van der Waals surface area contributed by atoms with Gasteiger partial charge in [0.1, 0.15) is 0 Å². The molecule has 0 radical (unpaired) electrons. The van der Waals surface area contributed by atoms with Gasteiger partial charge in [-0.2, -0.15) is 4.98 Å². The van der Waals surface area contributed by atoms with Gasteiger partial charge in [0.05, 0.1) is 3.57 Å². The molecule has 0 amide bonds. The molecule has 5 heteroatoms. The maximum atomic E-state index is 10.8. The van der Waals surface area contributed by atoms with E-state index in [0.29, 0.717) is 5.58 Å². The molecule has 0 saturated heterocycles. The molecule has 0 saturated carbocycles. The summed E-state index contributed by atoms with van der Waals surface area (Å²) in [5, 5.41) is 0.857. The molecular weight excluding hydrogens is 396 g/mol. The normalized spacial score (nSPS) is 10.6. The molecule has 2 rings (SSSR count). The second-order valence-electron chi connectivity index (χ2n) is 2.43. The summed E-state index contributed by atoms with van der Waals surface area (Å²) in [6.07, 6.45) is 1.53. The largest absolute Gasteiger partial charge is 0.439 e. The van der Waals surface area contributed by atoms with Crippen LogP contribution in [0.2, 0.25) is 0 Å². The first-order valence-electron chi connectivity index (χ1n) is 3.42. The molecule has 1 aromatic heterocycles. The second kappa shape index (κ2) is 3.52. The van der Waals surface area contributed by atoms with Crippen molar-refractivity contribution in [2.75, 3.05) is 0 Å². The molecule has 1 heterocycles. The van der Waals surface area contributed by atoms with E-state index in [1.54, 1.807) is 0 Å².